The van der Waals surface area contributed by atoms with E-state index < -0.39 is 6.04 Å². The van der Waals surface area contributed by atoms with Gasteiger partial charge in [-0.05, 0) is 61.2 Å². The lowest BCUT2D eigenvalue weighted by Crippen LogP contribution is -2.45. The number of amides is 4. The molecule has 2 heterocycles. The van der Waals surface area contributed by atoms with Gasteiger partial charge in [0.2, 0.25) is 5.91 Å². The Labute approximate surface area is 173 Å². The van der Waals surface area contributed by atoms with Gasteiger partial charge in [0.1, 0.15) is 6.04 Å². The topological polar surface area (TPSA) is 90.5 Å². The molecule has 0 aliphatic carbocycles. The summed E-state index contributed by atoms with van der Waals surface area (Å²) in [7, 11) is 0. The van der Waals surface area contributed by atoms with Crippen molar-refractivity contribution in [2.75, 3.05) is 23.7 Å². The Hall–Kier alpha value is -3.06. The van der Waals surface area contributed by atoms with Gasteiger partial charge >= 0.3 is 6.03 Å². The summed E-state index contributed by atoms with van der Waals surface area (Å²) in [5.41, 5.74) is 2.72. The van der Waals surface area contributed by atoms with Crippen LogP contribution in [-0.4, -0.2) is 41.9 Å². The number of nitrogens with one attached hydrogen (secondary N) is 3. The molecule has 0 unspecified atom stereocenters. The SMILES string of the molecule is O=C1NCCc2ccc(NC(=O)[C@H]3CCCN3C(=O)Nc3ccc(Cl)cc3)cc21. The van der Waals surface area contributed by atoms with Crippen LogP contribution in [-0.2, 0) is 11.2 Å². The molecule has 3 N–H and O–H groups in total. The van der Waals surface area contributed by atoms with Crippen molar-refractivity contribution in [1.82, 2.24) is 10.2 Å². The normalized spacial score (nSPS) is 18.0. The lowest BCUT2D eigenvalue weighted by molar-refractivity contribution is -0.119. The molecular formula is C21H21ClN4O3. The summed E-state index contributed by atoms with van der Waals surface area (Å²) in [6.45, 7) is 1.13. The van der Waals surface area contributed by atoms with Crippen molar-refractivity contribution < 1.29 is 14.4 Å². The standard InChI is InChI=1S/C21H21ClN4O3/c22-14-4-7-15(8-5-14)25-21(29)26-11-1-2-18(26)20(28)24-16-6-3-13-9-10-23-19(27)17(13)12-16/h3-8,12,18H,1-2,9-11H2,(H,23,27)(H,24,28)(H,25,29)/t18-/m1/s1. The average molecular weight is 413 g/mol. The van der Waals surface area contributed by atoms with Gasteiger partial charge in [-0.1, -0.05) is 17.7 Å². The Balaban J connectivity index is 1.44. The van der Waals surface area contributed by atoms with E-state index in [-0.39, 0.29) is 17.8 Å². The van der Waals surface area contributed by atoms with Gasteiger partial charge in [-0.25, -0.2) is 4.79 Å². The Bertz CT molecular complexity index is 961. The van der Waals surface area contributed by atoms with Gasteiger partial charge in [0.15, 0.2) is 0 Å². The second-order valence-electron chi connectivity index (χ2n) is 7.16. The summed E-state index contributed by atoms with van der Waals surface area (Å²) >= 11 is 5.87. The molecule has 2 aromatic carbocycles. The second-order valence-corrected chi connectivity index (χ2v) is 7.59. The molecule has 8 heteroatoms. The van der Waals surface area contributed by atoms with Crippen LogP contribution in [0, 0.1) is 0 Å². The smallest absolute Gasteiger partial charge is 0.322 e. The number of halogens is 1. The Morgan fingerprint density at radius 1 is 1.07 bits per heavy atom. The number of likely N-dealkylation sites (tertiary alicyclic amines) is 1. The van der Waals surface area contributed by atoms with E-state index in [1.54, 1.807) is 36.4 Å². The minimum Gasteiger partial charge on any atom is -0.352 e. The van der Waals surface area contributed by atoms with E-state index in [1.165, 1.54) is 4.90 Å². The number of carbonyl (C=O) groups excluding carboxylic acids is 3. The van der Waals surface area contributed by atoms with Gasteiger partial charge in [0, 0.05) is 35.1 Å². The fourth-order valence-corrected chi connectivity index (χ4v) is 3.85. The fourth-order valence-electron chi connectivity index (χ4n) is 3.73. The molecule has 1 fully saturated rings. The van der Waals surface area contributed by atoms with E-state index in [9.17, 15) is 14.4 Å². The van der Waals surface area contributed by atoms with Crippen molar-refractivity contribution in [3.8, 4) is 0 Å². The maximum atomic E-state index is 12.8. The Morgan fingerprint density at radius 3 is 2.62 bits per heavy atom. The first-order valence-corrected chi connectivity index (χ1v) is 9.94. The number of hydrogen-bond acceptors (Lipinski definition) is 3. The number of benzene rings is 2. The van der Waals surface area contributed by atoms with Crippen LogP contribution in [0.5, 0.6) is 0 Å². The second kappa shape index (κ2) is 8.13. The number of hydrogen-bond donors (Lipinski definition) is 3. The quantitative estimate of drug-likeness (QED) is 0.722. The summed E-state index contributed by atoms with van der Waals surface area (Å²) in [6.07, 6.45) is 2.11. The van der Waals surface area contributed by atoms with E-state index in [0.717, 1.165) is 18.4 Å². The largest absolute Gasteiger partial charge is 0.352 e. The number of fused-ring (bicyclic) bond motifs is 1. The molecule has 0 spiro atoms. The maximum absolute atomic E-state index is 12.8. The van der Waals surface area contributed by atoms with Crippen LogP contribution in [0.3, 0.4) is 0 Å². The first-order chi connectivity index (χ1) is 14.0. The van der Waals surface area contributed by atoms with E-state index in [2.05, 4.69) is 16.0 Å². The Kier molecular flexibility index (Phi) is 5.40. The molecule has 2 aliphatic rings. The van der Waals surface area contributed by atoms with Crippen LogP contribution < -0.4 is 16.0 Å². The van der Waals surface area contributed by atoms with Crippen molar-refractivity contribution in [3.05, 3.63) is 58.6 Å². The minimum atomic E-state index is -0.563. The van der Waals surface area contributed by atoms with Gasteiger partial charge in [-0.15, -0.1) is 0 Å². The highest BCUT2D eigenvalue weighted by atomic mass is 35.5. The van der Waals surface area contributed by atoms with Gasteiger partial charge < -0.3 is 20.9 Å². The molecule has 7 nitrogen and oxygen atoms in total. The summed E-state index contributed by atoms with van der Waals surface area (Å²) in [4.78, 5) is 39.0. The third kappa shape index (κ3) is 4.19. The predicted octanol–water partition coefficient (Wildman–Crippen LogP) is 3.26. The van der Waals surface area contributed by atoms with Crippen LogP contribution in [0.4, 0.5) is 16.2 Å². The zero-order valence-electron chi connectivity index (χ0n) is 15.7. The number of carbonyl (C=O) groups is 3. The molecule has 29 heavy (non-hydrogen) atoms. The molecule has 1 saturated heterocycles. The highest BCUT2D eigenvalue weighted by Gasteiger charge is 2.34. The molecule has 1 atom stereocenters. The van der Waals surface area contributed by atoms with Crippen molar-refractivity contribution in [2.24, 2.45) is 0 Å². The molecule has 2 aliphatic heterocycles. The number of anilines is 2. The zero-order chi connectivity index (χ0) is 20.4. The third-order valence-electron chi connectivity index (χ3n) is 5.21. The number of nitrogens with zero attached hydrogens (tertiary/aromatic N) is 1. The van der Waals surface area contributed by atoms with Gasteiger partial charge in [0.25, 0.3) is 5.91 Å². The molecule has 0 bridgehead atoms. The van der Waals surface area contributed by atoms with Crippen LogP contribution in [0.15, 0.2) is 42.5 Å². The molecular weight excluding hydrogens is 392 g/mol. The van der Waals surface area contributed by atoms with Crippen molar-refractivity contribution in [1.29, 1.82) is 0 Å². The van der Waals surface area contributed by atoms with Crippen LogP contribution >= 0.6 is 11.6 Å². The molecule has 0 radical (unpaired) electrons. The molecule has 0 aromatic heterocycles. The molecule has 2 aromatic rings. The van der Waals surface area contributed by atoms with Crippen molar-refractivity contribution in [3.63, 3.8) is 0 Å². The predicted molar refractivity (Wildman–Crippen MR) is 111 cm³/mol. The minimum absolute atomic E-state index is 0.132. The zero-order valence-corrected chi connectivity index (χ0v) is 16.5. The molecule has 4 amide bonds. The molecule has 0 saturated carbocycles. The van der Waals surface area contributed by atoms with E-state index >= 15 is 0 Å². The van der Waals surface area contributed by atoms with Crippen molar-refractivity contribution >= 4 is 40.8 Å². The Morgan fingerprint density at radius 2 is 1.83 bits per heavy atom. The number of urea groups is 1. The summed E-state index contributed by atoms with van der Waals surface area (Å²) < 4.78 is 0. The molecule has 150 valence electrons. The van der Waals surface area contributed by atoms with E-state index in [1.807, 2.05) is 6.07 Å². The van der Waals surface area contributed by atoms with Crippen molar-refractivity contribution in [2.45, 2.75) is 25.3 Å². The number of rotatable bonds is 3. The van der Waals surface area contributed by atoms with Crippen LogP contribution in [0.1, 0.15) is 28.8 Å². The van der Waals surface area contributed by atoms with Crippen LogP contribution in [0.2, 0.25) is 5.02 Å². The first kappa shape index (κ1) is 19.3. The average Bonchev–Trinajstić information content (AvgIpc) is 3.21. The molecule has 4 rings (SSSR count). The van der Waals surface area contributed by atoms with Gasteiger partial charge in [-0.2, -0.15) is 0 Å². The van der Waals surface area contributed by atoms with Crippen LogP contribution in [0.25, 0.3) is 0 Å². The van der Waals surface area contributed by atoms with Gasteiger partial charge in [0.05, 0.1) is 0 Å². The first-order valence-electron chi connectivity index (χ1n) is 9.56. The summed E-state index contributed by atoms with van der Waals surface area (Å²) in [5, 5.41) is 9.04. The van der Waals surface area contributed by atoms with E-state index in [4.69, 9.17) is 11.6 Å². The van der Waals surface area contributed by atoms with E-state index in [0.29, 0.717) is 41.5 Å². The lowest BCUT2D eigenvalue weighted by Gasteiger charge is -2.24. The lowest BCUT2D eigenvalue weighted by atomic mass is 9.99. The summed E-state index contributed by atoms with van der Waals surface area (Å²) in [5.74, 6) is -0.392. The monoisotopic (exact) mass is 412 g/mol. The third-order valence-corrected chi connectivity index (χ3v) is 5.47. The summed E-state index contributed by atoms with van der Waals surface area (Å²) in [6, 6.07) is 11.3. The maximum Gasteiger partial charge on any atom is 0.322 e. The highest BCUT2D eigenvalue weighted by molar-refractivity contribution is 6.30. The highest BCUT2D eigenvalue weighted by Crippen LogP contribution is 2.23. The fraction of sp³-hybridized carbons (Fsp3) is 0.286. The van der Waals surface area contributed by atoms with Gasteiger partial charge in [-0.3, -0.25) is 9.59 Å².